The molecule has 0 aliphatic carbocycles. The monoisotopic (exact) mass is 496 g/mol. The summed E-state index contributed by atoms with van der Waals surface area (Å²) in [5.74, 6) is -0.617. The Morgan fingerprint density at radius 1 is 1.11 bits per heavy atom. The molecule has 0 aliphatic rings. The van der Waals surface area contributed by atoms with Gasteiger partial charge in [-0.25, -0.2) is 13.1 Å². The van der Waals surface area contributed by atoms with Crippen LogP contribution in [-0.2, 0) is 16.6 Å². The maximum absolute atomic E-state index is 12.8. The van der Waals surface area contributed by atoms with Crippen molar-refractivity contribution in [3.63, 3.8) is 0 Å². The molecule has 2 heterocycles. The van der Waals surface area contributed by atoms with Crippen LogP contribution in [0.5, 0.6) is 11.5 Å². The predicted octanol–water partition coefficient (Wildman–Crippen LogP) is 2.27. The van der Waals surface area contributed by atoms with Gasteiger partial charge in [0.1, 0.15) is 17.2 Å². The van der Waals surface area contributed by atoms with Gasteiger partial charge in [-0.05, 0) is 48.5 Å². The maximum Gasteiger partial charge on any atom is 0.279 e. The van der Waals surface area contributed by atoms with E-state index in [0.717, 1.165) is 10.7 Å². The number of furan rings is 1. The Morgan fingerprint density at radius 2 is 1.86 bits per heavy atom. The van der Waals surface area contributed by atoms with Crippen LogP contribution in [0.4, 0.5) is 5.69 Å². The lowest BCUT2D eigenvalue weighted by atomic mass is 10.2. The molecule has 3 N–H and O–H groups in total. The van der Waals surface area contributed by atoms with E-state index in [2.05, 4.69) is 15.1 Å². The minimum Gasteiger partial charge on any atom is -0.505 e. The molecule has 11 nitrogen and oxygen atoms in total. The molecule has 12 heteroatoms. The van der Waals surface area contributed by atoms with Crippen molar-refractivity contribution in [1.29, 1.82) is 0 Å². The molecule has 2 aromatic heterocycles. The summed E-state index contributed by atoms with van der Waals surface area (Å²) in [6.45, 7) is -0.0132. The number of ether oxygens (including phenoxy) is 1. The summed E-state index contributed by atoms with van der Waals surface area (Å²) in [7, 11) is -2.39. The highest BCUT2D eigenvalue weighted by molar-refractivity contribution is 7.89. The average molecular weight is 497 g/mol. The van der Waals surface area contributed by atoms with Crippen LogP contribution in [0.25, 0.3) is 5.69 Å². The minimum atomic E-state index is -3.81. The zero-order valence-electron chi connectivity index (χ0n) is 18.3. The van der Waals surface area contributed by atoms with Gasteiger partial charge in [0.2, 0.25) is 10.0 Å². The Balaban J connectivity index is 1.53. The number of amides is 1. The molecule has 4 aromatic rings. The van der Waals surface area contributed by atoms with Crippen molar-refractivity contribution in [3.05, 3.63) is 94.8 Å². The number of sulfonamides is 1. The van der Waals surface area contributed by atoms with E-state index in [0.29, 0.717) is 11.5 Å². The smallest absolute Gasteiger partial charge is 0.279 e. The molecule has 2 aromatic carbocycles. The molecule has 0 saturated carbocycles. The number of hydrogen-bond acceptors (Lipinski definition) is 8. The van der Waals surface area contributed by atoms with E-state index in [4.69, 9.17) is 9.15 Å². The van der Waals surface area contributed by atoms with E-state index in [9.17, 15) is 23.1 Å². The highest BCUT2D eigenvalue weighted by Gasteiger charge is 2.19. The van der Waals surface area contributed by atoms with E-state index in [-0.39, 0.29) is 22.8 Å². The van der Waals surface area contributed by atoms with E-state index in [1.807, 2.05) is 0 Å². The van der Waals surface area contributed by atoms with E-state index >= 15 is 0 Å². The molecule has 0 atom stereocenters. The number of carbonyl (C=O) groups excluding carboxylic acids is 1. The van der Waals surface area contributed by atoms with Crippen molar-refractivity contribution in [3.8, 4) is 17.2 Å². The number of nitrogens with zero attached hydrogens (tertiary/aromatic N) is 2. The van der Waals surface area contributed by atoms with Crippen molar-refractivity contribution in [2.45, 2.75) is 11.4 Å². The molecular weight excluding hydrogens is 476 g/mol. The molecule has 4 rings (SSSR count). The van der Waals surface area contributed by atoms with Crippen LogP contribution in [0.1, 0.15) is 16.2 Å². The first-order chi connectivity index (χ1) is 16.8. The van der Waals surface area contributed by atoms with Crippen LogP contribution in [0.15, 0.2) is 87.1 Å². The molecule has 0 saturated heterocycles. The first kappa shape index (κ1) is 23.7. The minimum absolute atomic E-state index is 0.0132. The molecule has 180 valence electrons. The van der Waals surface area contributed by atoms with Gasteiger partial charge in [0.05, 0.1) is 24.8 Å². The second kappa shape index (κ2) is 9.83. The first-order valence-electron chi connectivity index (χ1n) is 10.2. The molecule has 0 fully saturated rings. The summed E-state index contributed by atoms with van der Waals surface area (Å²) in [4.78, 5) is 25.1. The van der Waals surface area contributed by atoms with Gasteiger partial charge in [0, 0.05) is 11.8 Å². The van der Waals surface area contributed by atoms with Gasteiger partial charge in [-0.15, -0.1) is 0 Å². The average Bonchev–Trinajstić information content (AvgIpc) is 3.37. The van der Waals surface area contributed by atoms with Crippen molar-refractivity contribution < 1.29 is 27.5 Å². The number of carbonyl (C=O) groups is 1. The number of methoxy groups -OCH3 is 1. The van der Waals surface area contributed by atoms with Gasteiger partial charge in [-0.3, -0.25) is 9.59 Å². The van der Waals surface area contributed by atoms with Crippen LogP contribution in [-0.4, -0.2) is 36.3 Å². The summed E-state index contributed by atoms with van der Waals surface area (Å²) in [5.41, 5.74) is -0.547. The fourth-order valence-corrected chi connectivity index (χ4v) is 4.15. The lowest BCUT2D eigenvalue weighted by molar-refractivity contribution is 0.101. The largest absolute Gasteiger partial charge is 0.505 e. The van der Waals surface area contributed by atoms with E-state index in [1.54, 1.807) is 36.4 Å². The quantitative estimate of drug-likeness (QED) is 0.336. The lowest BCUT2D eigenvalue weighted by Gasteiger charge is -2.12. The summed E-state index contributed by atoms with van der Waals surface area (Å²) in [6, 6.07) is 16.1. The second-order valence-electron chi connectivity index (χ2n) is 7.18. The van der Waals surface area contributed by atoms with Crippen LogP contribution >= 0.6 is 0 Å². The number of benzene rings is 2. The maximum atomic E-state index is 12.8. The molecule has 0 aliphatic heterocycles. The van der Waals surface area contributed by atoms with E-state index in [1.165, 1.54) is 37.6 Å². The summed E-state index contributed by atoms with van der Waals surface area (Å²) in [5, 5.41) is 16.7. The SMILES string of the molecule is COc1ccccc1-n1nc(C(=O)Nc2ccc(S(=O)(=O)NCc3ccco3)cc2)c(O)cc1=O. The summed E-state index contributed by atoms with van der Waals surface area (Å²) >= 11 is 0. The molecule has 0 spiro atoms. The molecule has 0 radical (unpaired) electrons. The van der Waals surface area contributed by atoms with Crippen LogP contribution in [0.3, 0.4) is 0 Å². The standard InChI is InChI=1S/C23H20N4O7S/c1-33-20-7-3-2-6-18(20)27-21(29)13-19(28)22(26-27)23(30)25-15-8-10-17(11-9-15)35(31,32)24-14-16-5-4-12-34-16/h2-13,24,28H,14H2,1H3,(H,25,30). The van der Waals surface area contributed by atoms with Gasteiger partial charge in [0.15, 0.2) is 11.4 Å². The summed E-state index contributed by atoms with van der Waals surface area (Å²) in [6.07, 6.45) is 1.44. The van der Waals surface area contributed by atoms with Gasteiger partial charge in [0.25, 0.3) is 11.5 Å². The number of para-hydroxylation sites is 2. The van der Waals surface area contributed by atoms with Crippen LogP contribution in [0.2, 0.25) is 0 Å². The lowest BCUT2D eigenvalue weighted by Crippen LogP contribution is -2.25. The van der Waals surface area contributed by atoms with Crippen LogP contribution in [0, 0.1) is 0 Å². The zero-order valence-corrected chi connectivity index (χ0v) is 19.2. The Morgan fingerprint density at radius 3 is 2.54 bits per heavy atom. The molecule has 35 heavy (non-hydrogen) atoms. The number of hydrogen-bond donors (Lipinski definition) is 3. The Kier molecular flexibility index (Phi) is 6.66. The Labute approximate surface area is 199 Å². The zero-order chi connectivity index (χ0) is 25.0. The highest BCUT2D eigenvalue weighted by Crippen LogP contribution is 2.22. The topological polar surface area (TPSA) is 153 Å². The van der Waals surface area contributed by atoms with Crippen molar-refractivity contribution in [2.24, 2.45) is 0 Å². The van der Waals surface area contributed by atoms with Crippen LogP contribution < -0.4 is 20.3 Å². The predicted molar refractivity (Wildman–Crippen MR) is 125 cm³/mol. The molecular formula is C23H20N4O7S. The molecule has 0 bridgehead atoms. The first-order valence-corrected chi connectivity index (χ1v) is 11.7. The Bertz CT molecular complexity index is 1510. The third-order valence-electron chi connectivity index (χ3n) is 4.88. The number of nitrogens with one attached hydrogen (secondary N) is 2. The second-order valence-corrected chi connectivity index (χ2v) is 8.95. The fourth-order valence-electron chi connectivity index (χ4n) is 3.16. The van der Waals surface area contributed by atoms with Crippen molar-refractivity contribution in [2.75, 3.05) is 12.4 Å². The van der Waals surface area contributed by atoms with Gasteiger partial charge < -0.3 is 19.6 Å². The van der Waals surface area contributed by atoms with Gasteiger partial charge >= 0.3 is 0 Å². The highest BCUT2D eigenvalue weighted by atomic mass is 32.2. The Hall–Kier alpha value is -4.42. The third-order valence-corrected chi connectivity index (χ3v) is 6.30. The van der Waals surface area contributed by atoms with Gasteiger partial charge in [-0.1, -0.05) is 12.1 Å². The number of rotatable bonds is 8. The molecule has 1 amide bonds. The third kappa shape index (κ3) is 5.23. The fraction of sp³-hybridized carbons (Fsp3) is 0.0870. The number of aromatic nitrogens is 2. The van der Waals surface area contributed by atoms with Crippen molar-refractivity contribution in [1.82, 2.24) is 14.5 Å². The normalized spacial score (nSPS) is 11.2. The number of aromatic hydroxyl groups is 1. The van der Waals surface area contributed by atoms with Gasteiger partial charge in [-0.2, -0.15) is 9.78 Å². The number of anilines is 1. The van der Waals surface area contributed by atoms with E-state index < -0.39 is 32.9 Å². The summed E-state index contributed by atoms with van der Waals surface area (Å²) < 4.78 is 38.6. The molecule has 0 unspecified atom stereocenters. The van der Waals surface area contributed by atoms with Crippen molar-refractivity contribution >= 4 is 21.6 Å².